The van der Waals surface area contributed by atoms with E-state index in [2.05, 4.69) is 6.92 Å². The largest absolute Gasteiger partial charge is 0.394 e. The van der Waals surface area contributed by atoms with Crippen LogP contribution in [0.15, 0.2) is 0 Å². The molecular formula is C21H40O6. The van der Waals surface area contributed by atoms with E-state index in [1.807, 2.05) is 0 Å². The maximum Gasteiger partial charge on any atom is 0.115 e. The lowest BCUT2D eigenvalue weighted by atomic mass is 10.1. The zero-order valence-electron chi connectivity index (χ0n) is 17.0. The molecule has 160 valence electrons. The Morgan fingerprint density at radius 1 is 0.815 bits per heavy atom. The van der Waals surface area contributed by atoms with E-state index in [4.69, 9.17) is 24.1 Å². The summed E-state index contributed by atoms with van der Waals surface area (Å²) in [6.45, 7) is 3.80. The van der Waals surface area contributed by atoms with Gasteiger partial charge in [-0.3, -0.25) is 0 Å². The van der Waals surface area contributed by atoms with Crippen molar-refractivity contribution in [1.29, 1.82) is 0 Å². The van der Waals surface area contributed by atoms with Crippen molar-refractivity contribution < 1.29 is 29.2 Å². The third-order valence-corrected chi connectivity index (χ3v) is 5.51. The third-order valence-electron chi connectivity index (χ3n) is 5.51. The maximum absolute atomic E-state index is 9.40. The molecule has 2 fully saturated rings. The minimum absolute atomic E-state index is 0.0232. The minimum atomic E-state index is -0.853. The predicted octanol–water partition coefficient (Wildman–Crippen LogP) is 2.83. The van der Waals surface area contributed by atoms with Crippen LogP contribution in [0.4, 0.5) is 0 Å². The van der Waals surface area contributed by atoms with E-state index in [1.54, 1.807) is 0 Å². The molecule has 2 aliphatic rings. The van der Waals surface area contributed by atoms with Gasteiger partial charge in [-0.1, -0.05) is 64.7 Å². The van der Waals surface area contributed by atoms with Crippen LogP contribution in [0.3, 0.4) is 0 Å². The van der Waals surface area contributed by atoms with Crippen LogP contribution in [0, 0.1) is 0 Å². The fourth-order valence-corrected chi connectivity index (χ4v) is 3.83. The fourth-order valence-electron chi connectivity index (χ4n) is 3.83. The van der Waals surface area contributed by atoms with Crippen molar-refractivity contribution in [2.75, 3.05) is 33.0 Å². The second-order valence-corrected chi connectivity index (χ2v) is 7.90. The minimum Gasteiger partial charge on any atom is -0.394 e. The summed E-state index contributed by atoms with van der Waals surface area (Å²) in [5.41, 5.74) is 0. The quantitative estimate of drug-likeness (QED) is 0.396. The lowest BCUT2D eigenvalue weighted by Gasteiger charge is -2.18. The molecule has 1 unspecified atom stereocenters. The first-order valence-electron chi connectivity index (χ1n) is 11.0. The van der Waals surface area contributed by atoms with Gasteiger partial charge in [0.2, 0.25) is 0 Å². The molecule has 0 aromatic heterocycles. The Morgan fingerprint density at radius 2 is 1.33 bits per heavy atom. The van der Waals surface area contributed by atoms with Crippen LogP contribution in [-0.4, -0.2) is 73.8 Å². The molecule has 0 saturated carbocycles. The predicted molar refractivity (Wildman–Crippen MR) is 104 cm³/mol. The van der Waals surface area contributed by atoms with Crippen LogP contribution in [0.1, 0.15) is 71.1 Å². The number of hydrogen-bond acceptors (Lipinski definition) is 6. The highest BCUT2D eigenvalue weighted by Gasteiger charge is 2.48. The van der Waals surface area contributed by atoms with Crippen LogP contribution in [-0.2, 0) is 18.9 Å². The van der Waals surface area contributed by atoms with E-state index in [0.717, 1.165) is 13.0 Å². The zero-order valence-corrected chi connectivity index (χ0v) is 17.0. The zero-order chi connectivity index (χ0) is 19.3. The highest BCUT2D eigenvalue weighted by atomic mass is 16.6. The van der Waals surface area contributed by atoms with Crippen molar-refractivity contribution in [2.24, 2.45) is 0 Å². The monoisotopic (exact) mass is 388 g/mol. The Kier molecular flexibility index (Phi) is 11.8. The summed E-state index contributed by atoms with van der Waals surface area (Å²) >= 11 is 0. The van der Waals surface area contributed by atoms with Gasteiger partial charge in [-0.15, -0.1) is 0 Å². The lowest BCUT2D eigenvalue weighted by Crippen LogP contribution is -2.35. The Morgan fingerprint density at radius 3 is 1.89 bits per heavy atom. The van der Waals surface area contributed by atoms with Gasteiger partial charge in [0.25, 0.3) is 0 Å². The van der Waals surface area contributed by atoms with Gasteiger partial charge in [-0.2, -0.15) is 0 Å². The SMILES string of the molecule is CCCCCCCCCCCCO[C@@H]1CO[C@H]2[C@@H]1OC[C@@H]2OCC(O)CO. The molecule has 0 amide bonds. The first kappa shape index (κ1) is 23.0. The van der Waals surface area contributed by atoms with Gasteiger partial charge in [-0.25, -0.2) is 0 Å². The van der Waals surface area contributed by atoms with E-state index in [0.29, 0.717) is 13.2 Å². The van der Waals surface area contributed by atoms with Gasteiger partial charge in [0.15, 0.2) is 0 Å². The van der Waals surface area contributed by atoms with Crippen molar-refractivity contribution >= 4 is 0 Å². The van der Waals surface area contributed by atoms with Crippen LogP contribution in [0.25, 0.3) is 0 Å². The molecule has 2 saturated heterocycles. The Bertz CT molecular complexity index is 367. The molecule has 0 spiro atoms. The smallest absolute Gasteiger partial charge is 0.115 e. The standard InChI is InChI=1S/C21H40O6/c1-2-3-4-5-6-7-8-9-10-11-12-24-18-15-26-21-19(16-27-20(18)21)25-14-17(23)13-22/h17-23H,2-16H2,1H3/t17?,18-,19+,20-,21-/m1/s1. The van der Waals surface area contributed by atoms with Gasteiger partial charge in [0, 0.05) is 6.61 Å². The average Bonchev–Trinajstić information content (AvgIpc) is 3.27. The van der Waals surface area contributed by atoms with Crippen LogP contribution < -0.4 is 0 Å². The molecule has 5 atom stereocenters. The normalized spacial score (nSPS) is 28.6. The summed E-state index contributed by atoms with van der Waals surface area (Å²) < 4.78 is 23.2. The second-order valence-electron chi connectivity index (χ2n) is 7.90. The van der Waals surface area contributed by atoms with Crippen LogP contribution in [0.2, 0.25) is 0 Å². The molecule has 2 rings (SSSR count). The highest BCUT2D eigenvalue weighted by Crippen LogP contribution is 2.30. The Balaban J connectivity index is 1.46. The first-order chi connectivity index (χ1) is 13.3. The summed E-state index contributed by atoms with van der Waals surface area (Å²) in [5, 5.41) is 18.3. The Hall–Kier alpha value is -0.240. The van der Waals surface area contributed by atoms with Crippen molar-refractivity contribution in [1.82, 2.24) is 0 Å². The maximum atomic E-state index is 9.40. The van der Waals surface area contributed by atoms with Crippen molar-refractivity contribution in [3.63, 3.8) is 0 Å². The van der Waals surface area contributed by atoms with Gasteiger partial charge in [-0.05, 0) is 6.42 Å². The van der Waals surface area contributed by atoms with Crippen molar-refractivity contribution in [3.05, 3.63) is 0 Å². The molecule has 2 N–H and O–H groups in total. The molecule has 2 heterocycles. The molecule has 0 bridgehead atoms. The molecule has 0 aromatic carbocycles. The van der Waals surface area contributed by atoms with E-state index in [-0.39, 0.29) is 37.6 Å². The lowest BCUT2D eigenvalue weighted by molar-refractivity contribution is -0.0747. The van der Waals surface area contributed by atoms with Gasteiger partial charge >= 0.3 is 0 Å². The summed E-state index contributed by atoms with van der Waals surface area (Å²) in [6.07, 6.45) is 11.9. The van der Waals surface area contributed by atoms with Gasteiger partial charge in [0.05, 0.1) is 26.4 Å². The van der Waals surface area contributed by atoms with Crippen LogP contribution >= 0.6 is 0 Å². The van der Waals surface area contributed by atoms with E-state index in [1.165, 1.54) is 57.8 Å². The van der Waals surface area contributed by atoms with Crippen LogP contribution in [0.5, 0.6) is 0 Å². The summed E-state index contributed by atoms with van der Waals surface area (Å²) in [6, 6.07) is 0. The number of aliphatic hydroxyl groups excluding tert-OH is 2. The second kappa shape index (κ2) is 13.9. The molecule has 0 aliphatic carbocycles. The highest BCUT2D eigenvalue weighted by molar-refractivity contribution is 4.96. The van der Waals surface area contributed by atoms with E-state index >= 15 is 0 Å². The summed E-state index contributed by atoms with van der Waals surface area (Å²) in [4.78, 5) is 0. The number of aliphatic hydroxyl groups is 2. The van der Waals surface area contributed by atoms with Crippen molar-refractivity contribution in [2.45, 2.75) is 102 Å². The third kappa shape index (κ3) is 8.34. The summed E-state index contributed by atoms with van der Waals surface area (Å²) in [5.74, 6) is 0. The number of ether oxygens (including phenoxy) is 4. The summed E-state index contributed by atoms with van der Waals surface area (Å²) in [7, 11) is 0. The Labute approximate surface area is 164 Å². The molecule has 2 aliphatic heterocycles. The topological polar surface area (TPSA) is 77.4 Å². The molecular weight excluding hydrogens is 348 g/mol. The number of rotatable bonds is 16. The molecule has 27 heavy (non-hydrogen) atoms. The molecule has 6 heteroatoms. The fraction of sp³-hybridized carbons (Fsp3) is 1.00. The number of hydrogen-bond donors (Lipinski definition) is 2. The van der Waals surface area contributed by atoms with Crippen molar-refractivity contribution in [3.8, 4) is 0 Å². The number of unbranched alkanes of at least 4 members (excludes halogenated alkanes) is 9. The van der Waals surface area contributed by atoms with E-state index in [9.17, 15) is 5.11 Å². The molecule has 0 radical (unpaired) electrons. The molecule has 6 nitrogen and oxygen atoms in total. The van der Waals surface area contributed by atoms with Gasteiger partial charge < -0.3 is 29.2 Å². The van der Waals surface area contributed by atoms with E-state index < -0.39 is 6.10 Å². The molecule has 0 aromatic rings. The first-order valence-corrected chi connectivity index (χ1v) is 11.0. The number of fused-ring (bicyclic) bond motifs is 1. The van der Waals surface area contributed by atoms with Gasteiger partial charge in [0.1, 0.15) is 30.5 Å². The average molecular weight is 389 g/mol.